The Kier molecular flexibility index (Phi) is 6.80. The molecule has 2 aromatic rings. The number of nitrogens with one attached hydrogen (secondary N) is 1. The highest BCUT2D eigenvalue weighted by atomic mass is 32.2. The maximum Gasteiger partial charge on any atom is 0.417 e. The number of anilines is 2. The second-order valence-electron chi connectivity index (χ2n) is 6.81. The van der Waals surface area contributed by atoms with Gasteiger partial charge in [0.25, 0.3) is 0 Å². The van der Waals surface area contributed by atoms with E-state index in [0.29, 0.717) is 23.1 Å². The zero-order chi connectivity index (χ0) is 21.7. The molecule has 1 saturated heterocycles. The van der Waals surface area contributed by atoms with E-state index in [1.165, 1.54) is 12.3 Å². The third-order valence-electron chi connectivity index (χ3n) is 4.59. The topological polar surface area (TPSA) is 101 Å². The lowest BCUT2D eigenvalue weighted by atomic mass is 9.97. The van der Waals surface area contributed by atoms with Gasteiger partial charge in [0.15, 0.2) is 0 Å². The van der Waals surface area contributed by atoms with Gasteiger partial charge in [0.1, 0.15) is 5.82 Å². The molecule has 0 radical (unpaired) electrons. The molecule has 2 aromatic heterocycles. The minimum Gasteiger partial charge on any atom is -0.369 e. The summed E-state index contributed by atoms with van der Waals surface area (Å²) in [6.07, 6.45) is -0.565. The number of carbonyl (C=O) groups excluding carboxylic acids is 2. The van der Waals surface area contributed by atoms with Gasteiger partial charge in [-0.2, -0.15) is 13.2 Å². The molecule has 0 aliphatic carbocycles. The minimum absolute atomic E-state index is 0.00741. The summed E-state index contributed by atoms with van der Waals surface area (Å²) >= 11 is 1.03. The van der Waals surface area contributed by atoms with Crippen LogP contribution in [0.25, 0.3) is 0 Å². The molecule has 0 bridgehead atoms. The molecule has 0 saturated carbocycles. The fraction of sp³-hybridized carbons (Fsp3) is 0.368. The fourth-order valence-corrected chi connectivity index (χ4v) is 3.68. The molecule has 0 aromatic carbocycles. The number of nitrogens with two attached hydrogens (primary N) is 1. The number of nitrogens with zero attached hydrogens (tertiary/aromatic N) is 3. The van der Waals surface area contributed by atoms with Gasteiger partial charge in [-0.25, -0.2) is 9.97 Å². The summed E-state index contributed by atoms with van der Waals surface area (Å²) in [6.45, 7) is 1.30. The van der Waals surface area contributed by atoms with E-state index in [1.54, 1.807) is 12.1 Å². The zero-order valence-corrected chi connectivity index (χ0v) is 16.7. The van der Waals surface area contributed by atoms with Crippen molar-refractivity contribution >= 4 is 35.1 Å². The van der Waals surface area contributed by atoms with Crippen LogP contribution in [-0.4, -0.2) is 40.6 Å². The first kappa shape index (κ1) is 21.9. The normalized spacial score (nSPS) is 16.9. The van der Waals surface area contributed by atoms with Crippen LogP contribution in [0.4, 0.5) is 24.7 Å². The number of carbonyl (C=O) groups is 2. The maximum absolute atomic E-state index is 12.5. The van der Waals surface area contributed by atoms with Gasteiger partial charge in [0, 0.05) is 19.3 Å². The number of pyridine rings is 2. The predicted octanol–water partition coefficient (Wildman–Crippen LogP) is 2.93. The standard InChI is InChI=1S/C19H20F3N5O2S/c20-19(21,22)13-3-6-17(25-8-13)30-11-16(28)26-14-4-5-15(24-9-14)27-7-1-2-12(10-27)18(23)29/h3-6,8-9,12H,1-2,7,10-11H2,(H2,23,29)(H,26,28). The molecular weight excluding hydrogens is 419 g/mol. The van der Waals surface area contributed by atoms with E-state index < -0.39 is 11.7 Å². The highest BCUT2D eigenvalue weighted by Gasteiger charge is 2.30. The molecule has 7 nitrogen and oxygen atoms in total. The summed E-state index contributed by atoms with van der Waals surface area (Å²) < 4.78 is 37.6. The largest absolute Gasteiger partial charge is 0.417 e. The van der Waals surface area contributed by atoms with Gasteiger partial charge in [-0.1, -0.05) is 11.8 Å². The highest BCUT2D eigenvalue weighted by molar-refractivity contribution is 7.99. The summed E-state index contributed by atoms with van der Waals surface area (Å²) in [7, 11) is 0. The molecule has 3 rings (SSSR count). The van der Waals surface area contributed by atoms with Crippen LogP contribution in [0.15, 0.2) is 41.7 Å². The second kappa shape index (κ2) is 9.33. The van der Waals surface area contributed by atoms with E-state index in [-0.39, 0.29) is 23.5 Å². The van der Waals surface area contributed by atoms with Crippen LogP contribution >= 0.6 is 11.8 Å². The molecule has 11 heteroatoms. The lowest BCUT2D eigenvalue weighted by Gasteiger charge is -2.32. The van der Waals surface area contributed by atoms with E-state index in [0.717, 1.165) is 43.4 Å². The monoisotopic (exact) mass is 439 g/mol. The molecule has 2 amide bonds. The molecule has 3 heterocycles. The van der Waals surface area contributed by atoms with Gasteiger partial charge >= 0.3 is 6.18 Å². The SMILES string of the molecule is NC(=O)C1CCCN(c2ccc(NC(=O)CSc3ccc(C(F)(F)F)cn3)cn2)C1. The second-order valence-corrected chi connectivity index (χ2v) is 7.81. The van der Waals surface area contributed by atoms with Crippen LogP contribution in [0, 0.1) is 5.92 Å². The molecular formula is C19H20F3N5O2S. The number of piperidine rings is 1. The molecule has 3 N–H and O–H groups in total. The van der Waals surface area contributed by atoms with Gasteiger partial charge in [0.2, 0.25) is 11.8 Å². The Labute approximate surface area is 175 Å². The first-order valence-electron chi connectivity index (χ1n) is 9.18. The number of aromatic nitrogens is 2. The average molecular weight is 439 g/mol. The number of rotatable bonds is 6. The molecule has 1 unspecified atom stereocenters. The molecule has 1 aliphatic heterocycles. The van der Waals surface area contributed by atoms with Crippen molar-refractivity contribution in [2.24, 2.45) is 11.7 Å². The van der Waals surface area contributed by atoms with E-state index >= 15 is 0 Å². The van der Waals surface area contributed by atoms with Crippen molar-refractivity contribution in [2.45, 2.75) is 24.0 Å². The summed E-state index contributed by atoms with van der Waals surface area (Å²) in [5.41, 5.74) is 5.05. The molecule has 0 spiro atoms. The van der Waals surface area contributed by atoms with Crippen LogP contribution < -0.4 is 16.0 Å². The van der Waals surface area contributed by atoms with Crippen molar-refractivity contribution < 1.29 is 22.8 Å². The molecule has 1 fully saturated rings. The summed E-state index contributed by atoms with van der Waals surface area (Å²) in [5.74, 6) is -0.156. The van der Waals surface area contributed by atoms with Crippen molar-refractivity contribution in [2.75, 3.05) is 29.1 Å². The van der Waals surface area contributed by atoms with Gasteiger partial charge < -0.3 is 16.0 Å². The van der Waals surface area contributed by atoms with Crippen LogP contribution in [-0.2, 0) is 15.8 Å². The van der Waals surface area contributed by atoms with Gasteiger partial charge in [-0.3, -0.25) is 9.59 Å². The first-order chi connectivity index (χ1) is 14.2. The van der Waals surface area contributed by atoms with Crippen molar-refractivity contribution in [1.82, 2.24) is 9.97 Å². The minimum atomic E-state index is -4.44. The smallest absolute Gasteiger partial charge is 0.369 e. The lowest BCUT2D eigenvalue weighted by molar-refractivity contribution is -0.138. The zero-order valence-electron chi connectivity index (χ0n) is 15.9. The number of halogens is 3. The van der Waals surface area contributed by atoms with Crippen molar-refractivity contribution in [3.8, 4) is 0 Å². The number of primary amides is 1. The highest BCUT2D eigenvalue weighted by Crippen LogP contribution is 2.29. The van der Waals surface area contributed by atoms with Crippen LogP contribution in [0.3, 0.4) is 0 Å². The Balaban J connectivity index is 1.50. The third-order valence-corrected chi connectivity index (χ3v) is 5.54. The Morgan fingerprint density at radius 1 is 1.20 bits per heavy atom. The number of hydrogen-bond acceptors (Lipinski definition) is 6. The van der Waals surface area contributed by atoms with Crippen LogP contribution in [0.1, 0.15) is 18.4 Å². The Hall–Kier alpha value is -2.82. The van der Waals surface area contributed by atoms with Crippen molar-refractivity contribution in [3.63, 3.8) is 0 Å². The fourth-order valence-electron chi connectivity index (χ4n) is 3.03. The van der Waals surface area contributed by atoms with E-state index in [4.69, 9.17) is 5.73 Å². The number of hydrogen-bond donors (Lipinski definition) is 2. The van der Waals surface area contributed by atoms with Gasteiger partial charge in [-0.15, -0.1) is 0 Å². The molecule has 160 valence electrons. The number of alkyl halides is 3. The summed E-state index contributed by atoms with van der Waals surface area (Å²) in [4.78, 5) is 33.5. The Bertz CT molecular complexity index is 891. The maximum atomic E-state index is 12.5. The van der Waals surface area contributed by atoms with Gasteiger partial charge in [0.05, 0.1) is 34.1 Å². The van der Waals surface area contributed by atoms with Gasteiger partial charge in [-0.05, 0) is 37.1 Å². The van der Waals surface area contributed by atoms with E-state index in [1.807, 2.05) is 4.90 Å². The third kappa shape index (κ3) is 5.85. The van der Waals surface area contributed by atoms with Crippen molar-refractivity contribution in [3.05, 3.63) is 42.2 Å². The average Bonchev–Trinajstić information content (AvgIpc) is 2.72. The number of amides is 2. The summed E-state index contributed by atoms with van der Waals surface area (Å²) in [6, 6.07) is 5.62. The Morgan fingerprint density at radius 2 is 2.00 bits per heavy atom. The quantitative estimate of drug-likeness (QED) is 0.672. The van der Waals surface area contributed by atoms with E-state index in [2.05, 4.69) is 15.3 Å². The van der Waals surface area contributed by atoms with Crippen molar-refractivity contribution in [1.29, 1.82) is 0 Å². The first-order valence-corrected chi connectivity index (χ1v) is 10.2. The summed E-state index contributed by atoms with van der Waals surface area (Å²) in [5, 5.41) is 3.00. The number of thioether (sulfide) groups is 1. The van der Waals surface area contributed by atoms with Crippen LogP contribution in [0.2, 0.25) is 0 Å². The predicted molar refractivity (Wildman–Crippen MR) is 107 cm³/mol. The molecule has 30 heavy (non-hydrogen) atoms. The molecule has 1 aliphatic rings. The lowest BCUT2D eigenvalue weighted by Crippen LogP contribution is -2.41. The molecule has 1 atom stereocenters. The van der Waals surface area contributed by atoms with E-state index in [9.17, 15) is 22.8 Å². The van der Waals surface area contributed by atoms with Crippen LogP contribution in [0.5, 0.6) is 0 Å². The Morgan fingerprint density at radius 3 is 2.60 bits per heavy atom.